The van der Waals surface area contributed by atoms with Crippen LogP contribution in [-0.2, 0) is 0 Å². The summed E-state index contributed by atoms with van der Waals surface area (Å²) < 4.78 is 10.9. The molecular weight excluding hydrogens is 216 g/mol. The molecule has 0 saturated carbocycles. The van der Waals surface area contributed by atoms with E-state index in [0.29, 0.717) is 6.61 Å². The Labute approximate surface area is 101 Å². The van der Waals surface area contributed by atoms with E-state index in [0.717, 1.165) is 29.3 Å². The van der Waals surface area contributed by atoms with Gasteiger partial charge in [0, 0.05) is 18.0 Å². The van der Waals surface area contributed by atoms with Crippen LogP contribution in [0.15, 0.2) is 30.6 Å². The van der Waals surface area contributed by atoms with Gasteiger partial charge in [-0.15, -0.1) is 0 Å². The smallest absolute Gasteiger partial charge is 0.161 e. The maximum atomic E-state index is 5.65. The number of nitrogens with zero attached hydrogens (tertiary/aromatic N) is 1. The number of hydrogen-bond donors (Lipinski definition) is 1. The van der Waals surface area contributed by atoms with Gasteiger partial charge in [0.25, 0.3) is 0 Å². The van der Waals surface area contributed by atoms with Crippen LogP contribution in [0, 0.1) is 0 Å². The largest absolute Gasteiger partial charge is 0.493 e. The van der Waals surface area contributed by atoms with Gasteiger partial charge in [-0.2, -0.15) is 0 Å². The molecule has 4 heteroatoms. The fraction of sp³-hybridized carbons (Fsp3) is 0.308. The Hall–Kier alpha value is -1.97. The SMILES string of the molecule is CCCOc1cc(-c2ncc[nH]2)ccc1OC. The van der Waals surface area contributed by atoms with E-state index in [4.69, 9.17) is 9.47 Å². The molecule has 0 unspecified atom stereocenters. The van der Waals surface area contributed by atoms with Crippen LogP contribution in [0.4, 0.5) is 0 Å². The van der Waals surface area contributed by atoms with Crippen molar-refractivity contribution in [3.8, 4) is 22.9 Å². The highest BCUT2D eigenvalue weighted by atomic mass is 16.5. The number of aromatic nitrogens is 2. The Morgan fingerprint density at radius 1 is 1.29 bits per heavy atom. The van der Waals surface area contributed by atoms with Crippen molar-refractivity contribution in [3.05, 3.63) is 30.6 Å². The summed E-state index contributed by atoms with van der Waals surface area (Å²) in [5, 5.41) is 0. The van der Waals surface area contributed by atoms with Crippen LogP contribution >= 0.6 is 0 Å². The lowest BCUT2D eigenvalue weighted by atomic mass is 10.2. The fourth-order valence-electron chi connectivity index (χ4n) is 1.57. The standard InChI is InChI=1S/C13H16N2O2/c1-3-8-17-12-9-10(4-5-11(12)16-2)13-14-6-7-15-13/h4-7,9H,3,8H2,1-2H3,(H,14,15). The third kappa shape index (κ3) is 2.58. The molecule has 1 aromatic heterocycles. The maximum Gasteiger partial charge on any atom is 0.161 e. The summed E-state index contributed by atoms with van der Waals surface area (Å²) in [6.45, 7) is 2.75. The second kappa shape index (κ2) is 5.39. The summed E-state index contributed by atoms with van der Waals surface area (Å²) in [5.74, 6) is 2.33. The number of methoxy groups -OCH3 is 1. The van der Waals surface area contributed by atoms with E-state index in [9.17, 15) is 0 Å². The van der Waals surface area contributed by atoms with Crippen molar-refractivity contribution in [2.45, 2.75) is 13.3 Å². The maximum absolute atomic E-state index is 5.65. The van der Waals surface area contributed by atoms with E-state index >= 15 is 0 Å². The minimum atomic E-state index is 0.679. The van der Waals surface area contributed by atoms with Crippen molar-refractivity contribution in [3.63, 3.8) is 0 Å². The van der Waals surface area contributed by atoms with Gasteiger partial charge < -0.3 is 14.5 Å². The molecule has 0 saturated heterocycles. The van der Waals surface area contributed by atoms with Gasteiger partial charge in [0.05, 0.1) is 13.7 Å². The summed E-state index contributed by atoms with van der Waals surface area (Å²) in [6.07, 6.45) is 4.49. The van der Waals surface area contributed by atoms with Gasteiger partial charge in [-0.1, -0.05) is 6.92 Å². The molecule has 17 heavy (non-hydrogen) atoms. The molecule has 0 aliphatic heterocycles. The Kier molecular flexibility index (Phi) is 3.65. The first-order chi connectivity index (χ1) is 8.35. The highest BCUT2D eigenvalue weighted by Crippen LogP contribution is 2.31. The minimum absolute atomic E-state index is 0.679. The first kappa shape index (κ1) is 11.5. The molecule has 0 spiro atoms. The summed E-state index contributed by atoms with van der Waals surface area (Å²) in [4.78, 5) is 7.28. The normalized spacial score (nSPS) is 10.2. The van der Waals surface area contributed by atoms with Gasteiger partial charge in [-0.3, -0.25) is 0 Å². The zero-order chi connectivity index (χ0) is 12.1. The van der Waals surface area contributed by atoms with E-state index < -0.39 is 0 Å². The van der Waals surface area contributed by atoms with Gasteiger partial charge in [0.1, 0.15) is 5.82 Å². The van der Waals surface area contributed by atoms with Crippen molar-refractivity contribution in [2.24, 2.45) is 0 Å². The number of nitrogens with one attached hydrogen (secondary N) is 1. The van der Waals surface area contributed by atoms with E-state index in [1.807, 2.05) is 18.2 Å². The number of aromatic amines is 1. The highest BCUT2D eigenvalue weighted by Gasteiger charge is 2.07. The lowest BCUT2D eigenvalue weighted by molar-refractivity contribution is 0.294. The number of ether oxygens (including phenoxy) is 2. The zero-order valence-corrected chi connectivity index (χ0v) is 10.1. The Morgan fingerprint density at radius 2 is 2.18 bits per heavy atom. The van der Waals surface area contributed by atoms with Gasteiger partial charge >= 0.3 is 0 Å². The number of benzene rings is 1. The molecule has 0 amide bonds. The summed E-state index contributed by atoms with van der Waals surface area (Å²) in [5.41, 5.74) is 0.988. The monoisotopic (exact) mass is 232 g/mol. The van der Waals surface area contributed by atoms with Gasteiger partial charge in [0.15, 0.2) is 11.5 Å². The topological polar surface area (TPSA) is 47.1 Å². The van der Waals surface area contributed by atoms with Gasteiger partial charge in [0.2, 0.25) is 0 Å². The molecule has 90 valence electrons. The van der Waals surface area contributed by atoms with Crippen molar-refractivity contribution in [1.29, 1.82) is 0 Å². The van der Waals surface area contributed by atoms with Crippen LogP contribution in [0.1, 0.15) is 13.3 Å². The van der Waals surface area contributed by atoms with Crippen LogP contribution in [0.3, 0.4) is 0 Å². The van der Waals surface area contributed by atoms with Crippen LogP contribution in [0.2, 0.25) is 0 Å². The van der Waals surface area contributed by atoms with E-state index in [1.165, 1.54) is 0 Å². The molecule has 0 bridgehead atoms. The predicted octanol–water partition coefficient (Wildman–Crippen LogP) is 2.87. The van der Waals surface area contributed by atoms with Crippen molar-refractivity contribution in [1.82, 2.24) is 9.97 Å². The lowest BCUT2D eigenvalue weighted by Gasteiger charge is -2.10. The molecule has 4 nitrogen and oxygen atoms in total. The molecule has 1 aromatic carbocycles. The summed E-state index contributed by atoms with van der Waals surface area (Å²) in [6, 6.07) is 5.78. The zero-order valence-electron chi connectivity index (χ0n) is 10.1. The van der Waals surface area contributed by atoms with Crippen molar-refractivity contribution >= 4 is 0 Å². The molecule has 1 N–H and O–H groups in total. The fourth-order valence-corrected chi connectivity index (χ4v) is 1.57. The molecule has 2 rings (SSSR count). The number of H-pyrrole nitrogens is 1. The summed E-state index contributed by atoms with van der Waals surface area (Å²) >= 11 is 0. The average Bonchev–Trinajstić information content (AvgIpc) is 2.89. The van der Waals surface area contributed by atoms with Crippen LogP contribution in [-0.4, -0.2) is 23.7 Å². The molecule has 0 atom stereocenters. The van der Waals surface area contributed by atoms with Gasteiger partial charge in [-0.05, 0) is 24.6 Å². The van der Waals surface area contributed by atoms with Gasteiger partial charge in [-0.25, -0.2) is 4.98 Å². The third-order valence-corrected chi connectivity index (χ3v) is 2.40. The van der Waals surface area contributed by atoms with Crippen molar-refractivity contribution < 1.29 is 9.47 Å². The van der Waals surface area contributed by atoms with E-state index in [-0.39, 0.29) is 0 Å². The molecule has 1 heterocycles. The van der Waals surface area contributed by atoms with E-state index in [2.05, 4.69) is 16.9 Å². The molecule has 0 fully saturated rings. The van der Waals surface area contributed by atoms with E-state index in [1.54, 1.807) is 19.5 Å². The van der Waals surface area contributed by atoms with Crippen LogP contribution < -0.4 is 9.47 Å². The lowest BCUT2D eigenvalue weighted by Crippen LogP contribution is -1.98. The number of imidazole rings is 1. The molecular formula is C13H16N2O2. The first-order valence-electron chi connectivity index (χ1n) is 5.65. The summed E-state index contributed by atoms with van der Waals surface area (Å²) in [7, 11) is 1.64. The molecule has 2 aromatic rings. The van der Waals surface area contributed by atoms with Crippen molar-refractivity contribution in [2.75, 3.05) is 13.7 Å². The predicted molar refractivity (Wildman–Crippen MR) is 66.4 cm³/mol. The second-order valence-corrected chi connectivity index (χ2v) is 3.65. The first-order valence-corrected chi connectivity index (χ1v) is 5.65. The Morgan fingerprint density at radius 3 is 2.82 bits per heavy atom. The average molecular weight is 232 g/mol. The number of hydrogen-bond acceptors (Lipinski definition) is 3. The Bertz CT molecular complexity index is 466. The van der Waals surface area contributed by atoms with Crippen LogP contribution in [0.5, 0.6) is 11.5 Å². The second-order valence-electron chi connectivity index (χ2n) is 3.65. The molecule has 0 radical (unpaired) electrons. The highest BCUT2D eigenvalue weighted by molar-refractivity contribution is 5.60. The third-order valence-electron chi connectivity index (χ3n) is 2.40. The Balaban J connectivity index is 2.31. The molecule has 0 aliphatic rings. The quantitative estimate of drug-likeness (QED) is 0.862. The van der Waals surface area contributed by atoms with Crippen LogP contribution in [0.25, 0.3) is 11.4 Å². The number of rotatable bonds is 5. The molecule has 0 aliphatic carbocycles. The minimum Gasteiger partial charge on any atom is -0.493 e.